The molecule has 0 unspecified atom stereocenters. The first-order valence-corrected chi connectivity index (χ1v) is 24.3. The van der Waals surface area contributed by atoms with Crippen LogP contribution < -0.4 is 9.47 Å². The number of hydrogen-bond acceptors (Lipinski definition) is 34. The van der Waals surface area contributed by atoms with Gasteiger partial charge in [0.1, 0.15) is 12.7 Å². The van der Waals surface area contributed by atoms with Gasteiger partial charge in [-0.05, 0) is 84.9 Å². The van der Waals surface area contributed by atoms with Gasteiger partial charge in [-0.1, -0.05) is 0 Å². The second-order valence-corrected chi connectivity index (χ2v) is 18.4. The van der Waals surface area contributed by atoms with Crippen LogP contribution in [0.1, 0.15) is 72.5 Å². The summed E-state index contributed by atoms with van der Waals surface area (Å²) in [5.41, 5.74) is -6.05. The van der Waals surface area contributed by atoms with Gasteiger partial charge in [-0.2, -0.15) is 0 Å². The zero-order valence-corrected chi connectivity index (χ0v) is 43.8. The highest BCUT2D eigenvalue weighted by Gasteiger charge is 2.55. The number of carbonyl (C=O) groups excluding carboxylic acids is 7. The van der Waals surface area contributed by atoms with Crippen LogP contribution in [0.15, 0.2) is 84.9 Å². The van der Waals surface area contributed by atoms with Crippen LogP contribution in [-0.2, 0) is 28.4 Å². The molecule has 0 spiro atoms. The Morgan fingerprint density at radius 1 is 0.281 bits per heavy atom. The number of rotatable bonds is 15. The molecule has 7 aromatic carbocycles. The Morgan fingerprint density at radius 2 is 0.517 bits per heavy atom. The van der Waals surface area contributed by atoms with Crippen LogP contribution in [0.5, 0.6) is 121 Å². The SMILES string of the molecule is O=C(OC[C@H]1O[C@@H](OC(=O)c2cc(O)c(O)c(O)c2)[C@H](OC(=O)c2cc(O)c(O)c(O)c2)[C@@H](OC(=O)c2cc(O)c(O)c(OC(=O)c3cc(O)c(O)c(O)c3)c2)[C@@H]1OC(=O)c1cc(O)c(O)c(O)c1)c1cc(O)c(O)c(OC(=O)c2cc(O)c(O)c(O)c2)c1. The van der Waals surface area contributed by atoms with Crippen molar-refractivity contribution in [1.29, 1.82) is 0 Å². The Bertz CT molecular complexity index is 3980. The normalized spacial score (nSPS) is 16.0. The van der Waals surface area contributed by atoms with Crippen molar-refractivity contribution in [2.24, 2.45) is 0 Å². The van der Waals surface area contributed by atoms with E-state index in [1.165, 1.54) is 0 Å². The molecule has 7 aromatic rings. The van der Waals surface area contributed by atoms with Gasteiger partial charge in [0.15, 0.2) is 121 Å². The van der Waals surface area contributed by atoms with E-state index in [0.717, 1.165) is 0 Å². The maximum Gasteiger partial charge on any atom is 0.343 e. The molecule has 19 N–H and O–H groups in total. The Morgan fingerprint density at radius 3 is 0.831 bits per heavy atom. The molecule has 34 heteroatoms. The van der Waals surface area contributed by atoms with Gasteiger partial charge in [0.2, 0.25) is 23.9 Å². The molecule has 0 amide bonds. The number of phenolic OH excluding ortho intramolecular Hbond substituents is 19. The predicted octanol–water partition coefficient (Wildman–Crippen LogP) is 2.95. The van der Waals surface area contributed by atoms with Crippen LogP contribution in [-0.4, -0.2) is 176 Å². The summed E-state index contributed by atoms with van der Waals surface area (Å²) in [5.74, 6) is -36.3. The first-order valence-electron chi connectivity index (χ1n) is 24.3. The first-order chi connectivity index (χ1) is 41.8. The number of hydrogen-bond donors (Lipinski definition) is 19. The summed E-state index contributed by atoms with van der Waals surface area (Å²) in [6.07, 6.45) is -13.3. The molecule has 0 bridgehead atoms. The van der Waals surface area contributed by atoms with Crippen molar-refractivity contribution in [1.82, 2.24) is 0 Å². The molecule has 34 nitrogen and oxygen atoms in total. The van der Waals surface area contributed by atoms with Crippen molar-refractivity contribution in [3.63, 3.8) is 0 Å². The highest BCUT2D eigenvalue weighted by Crippen LogP contribution is 2.44. The smallest absolute Gasteiger partial charge is 0.343 e. The molecule has 1 aliphatic rings. The standard InChI is InChI=1S/C55H40O34/c56-23-1-16(2-24(57)38(23)68)49(76)83-35-13-21(11-33(66)43(35)73)48(75)82-15-37-45(86-51(78)18-5-27(60)40(70)28(61)6-18)46(87-53(80)22-12-34(67)44(74)36(14-22)84-50(77)17-3-25(58)39(69)26(59)4-17)47(88-52(79)19-7-29(62)41(71)30(63)8-19)55(85-37)89-54(81)20-9-31(64)42(72)32(65)10-20/h1-14,37,45-47,55-74H,15H2/t37-,45-,46+,47-,55+/m1/s1. The zero-order chi connectivity index (χ0) is 65.4. The summed E-state index contributed by atoms with van der Waals surface area (Å²) in [7, 11) is 0. The molecule has 1 fully saturated rings. The summed E-state index contributed by atoms with van der Waals surface area (Å²) in [4.78, 5) is 97.3. The molecule has 0 radical (unpaired) electrons. The van der Waals surface area contributed by atoms with Crippen LogP contribution in [0.25, 0.3) is 0 Å². The second-order valence-electron chi connectivity index (χ2n) is 18.4. The predicted molar refractivity (Wildman–Crippen MR) is 279 cm³/mol. The third kappa shape index (κ3) is 12.9. The molecule has 0 aromatic heterocycles. The van der Waals surface area contributed by atoms with E-state index in [2.05, 4.69) is 0 Å². The number of esters is 7. The monoisotopic (exact) mass is 1240 g/mol. The largest absolute Gasteiger partial charge is 0.504 e. The number of aromatic hydroxyl groups is 19. The van der Waals surface area contributed by atoms with Gasteiger partial charge in [-0.25, -0.2) is 33.6 Å². The van der Waals surface area contributed by atoms with E-state index < -0.39 is 239 Å². The topological polar surface area (TPSA) is 578 Å². The lowest BCUT2D eigenvalue weighted by Gasteiger charge is -2.43. The Hall–Kier alpha value is -13.0. The molecule has 1 aliphatic heterocycles. The maximum atomic E-state index is 14.6. The minimum atomic E-state index is -2.77. The van der Waals surface area contributed by atoms with Crippen LogP contribution in [0, 0.1) is 0 Å². The highest BCUT2D eigenvalue weighted by molar-refractivity contribution is 5.97. The molecule has 0 saturated carbocycles. The Kier molecular flexibility index (Phi) is 16.9. The van der Waals surface area contributed by atoms with E-state index in [1.54, 1.807) is 0 Å². The Balaban J connectivity index is 1.26. The fraction of sp³-hybridized carbons (Fsp3) is 0.109. The summed E-state index contributed by atoms with van der Waals surface area (Å²) in [6, 6.07) is 7.09. The number of ether oxygens (including phenoxy) is 8. The van der Waals surface area contributed by atoms with Crippen molar-refractivity contribution in [3.8, 4) is 121 Å². The first kappa shape index (κ1) is 62.0. The van der Waals surface area contributed by atoms with Gasteiger partial charge in [-0.3, -0.25) is 0 Å². The van der Waals surface area contributed by atoms with Crippen molar-refractivity contribution in [3.05, 3.63) is 124 Å². The van der Waals surface area contributed by atoms with Gasteiger partial charge < -0.3 is 135 Å². The zero-order valence-electron chi connectivity index (χ0n) is 43.8. The summed E-state index contributed by atoms with van der Waals surface area (Å²) >= 11 is 0. The fourth-order valence-corrected chi connectivity index (χ4v) is 8.00. The third-order valence-electron chi connectivity index (χ3n) is 12.4. The summed E-state index contributed by atoms with van der Waals surface area (Å²) in [6.45, 7) is -1.46. The van der Waals surface area contributed by atoms with Gasteiger partial charge in [0.25, 0.3) is 0 Å². The van der Waals surface area contributed by atoms with Crippen LogP contribution in [0.2, 0.25) is 0 Å². The molecule has 1 saturated heterocycles. The molecular formula is C55H40O34. The van der Waals surface area contributed by atoms with Crippen molar-refractivity contribution >= 4 is 41.8 Å². The molecule has 1 heterocycles. The van der Waals surface area contributed by atoms with Crippen molar-refractivity contribution in [2.45, 2.75) is 30.7 Å². The fourth-order valence-electron chi connectivity index (χ4n) is 8.00. The van der Waals surface area contributed by atoms with Gasteiger partial charge in [0, 0.05) is 0 Å². The van der Waals surface area contributed by atoms with Crippen molar-refractivity contribution < 1.29 is 168 Å². The van der Waals surface area contributed by atoms with E-state index in [9.17, 15) is 131 Å². The number of phenols is 19. The van der Waals surface area contributed by atoms with Crippen LogP contribution >= 0.6 is 0 Å². The van der Waals surface area contributed by atoms with E-state index >= 15 is 0 Å². The third-order valence-corrected chi connectivity index (χ3v) is 12.4. The minimum Gasteiger partial charge on any atom is -0.504 e. The summed E-state index contributed by atoms with van der Waals surface area (Å²) in [5, 5.41) is 194. The van der Waals surface area contributed by atoms with Crippen LogP contribution in [0.3, 0.4) is 0 Å². The van der Waals surface area contributed by atoms with E-state index in [-0.39, 0.29) is 0 Å². The maximum absolute atomic E-state index is 14.6. The molecule has 464 valence electrons. The Labute approximate surface area is 491 Å². The molecule has 5 atom stereocenters. The highest BCUT2D eigenvalue weighted by atomic mass is 16.7. The van der Waals surface area contributed by atoms with Crippen LogP contribution in [0.4, 0.5) is 0 Å². The van der Waals surface area contributed by atoms with Gasteiger partial charge >= 0.3 is 41.8 Å². The number of benzene rings is 7. The van der Waals surface area contributed by atoms with E-state index in [1.807, 2.05) is 0 Å². The van der Waals surface area contributed by atoms with Gasteiger partial charge in [-0.15, -0.1) is 0 Å². The van der Waals surface area contributed by atoms with E-state index in [0.29, 0.717) is 84.9 Å². The average molecular weight is 1240 g/mol. The molecular weight excluding hydrogens is 1200 g/mol. The summed E-state index contributed by atoms with van der Waals surface area (Å²) < 4.78 is 44.0. The lowest BCUT2D eigenvalue weighted by atomic mass is 9.97. The quantitative estimate of drug-likeness (QED) is 0.0304. The average Bonchev–Trinajstić information content (AvgIpc) is 0.864. The molecule has 0 aliphatic carbocycles. The molecule has 8 rings (SSSR count). The number of carbonyl (C=O) groups is 7. The van der Waals surface area contributed by atoms with E-state index in [4.69, 9.17) is 37.9 Å². The lowest BCUT2D eigenvalue weighted by molar-refractivity contribution is -0.282. The van der Waals surface area contributed by atoms with Crippen molar-refractivity contribution in [2.75, 3.05) is 6.61 Å². The minimum absolute atomic E-state index is 0.413. The van der Waals surface area contributed by atoms with Gasteiger partial charge in [0.05, 0.1) is 38.9 Å². The molecule has 89 heavy (non-hydrogen) atoms. The lowest BCUT2D eigenvalue weighted by Crippen LogP contribution is -2.63. The second kappa shape index (κ2) is 24.3.